The Morgan fingerprint density at radius 2 is 1.67 bits per heavy atom. The number of halogens is 1. The first-order chi connectivity index (χ1) is 11.4. The van der Waals surface area contributed by atoms with Gasteiger partial charge in [0.25, 0.3) is 0 Å². The van der Waals surface area contributed by atoms with E-state index in [1.807, 2.05) is 24.3 Å². The minimum absolute atomic E-state index is 0.0808. The lowest BCUT2D eigenvalue weighted by Crippen LogP contribution is -2.30. The SMILES string of the molecule is O=C1CC(CS(=O)(=O)F)CN1c1ccccc1N1CCCCCC1. The molecule has 5 nitrogen and oxygen atoms in total. The third-order valence-corrected chi connectivity index (χ3v) is 5.63. The lowest BCUT2D eigenvalue weighted by molar-refractivity contribution is -0.117. The number of amides is 1. The summed E-state index contributed by atoms with van der Waals surface area (Å²) in [5.74, 6) is -1.20. The number of anilines is 2. The number of hydrogen-bond acceptors (Lipinski definition) is 4. The molecule has 132 valence electrons. The van der Waals surface area contributed by atoms with Gasteiger partial charge in [-0.1, -0.05) is 25.0 Å². The van der Waals surface area contributed by atoms with E-state index in [1.165, 1.54) is 12.8 Å². The van der Waals surface area contributed by atoms with Crippen molar-refractivity contribution >= 4 is 27.5 Å². The number of rotatable bonds is 4. The predicted molar refractivity (Wildman–Crippen MR) is 92.5 cm³/mol. The molecule has 1 unspecified atom stereocenters. The molecule has 1 atom stereocenters. The zero-order valence-corrected chi connectivity index (χ0v) is 14.5. The maximum absolute atomic E-state index is 12.9. The summed E-state index contributed by atoms with van der Waals surface area (Å²) in [6.07, 6.45) is 4.78. The summed E-state index contributed by atoms with van der Waals surface area (Å²) in [6.45, 7) is 2.18. The highest BCUT2D eigenvalue weighted by molar-refractivity contribution is 7.86. The summed E-state index contributed by atoms with van der Waals surface area (Å²) in [7, 11) is -4.56. The van der Waals surface area contributed by atoms with Crippen molar-refractivity contribution in [3.63, 3.8) is 0 Å². The molecule has 2 fully saturated rings. The summed E-state index contributed by atoms with van der Waals surface area (Å²) in [4.78, 5) is 16.3. The van der Waals surface area contributed by atoms with E-state index in [-0.39, 0.29) is 18.9 Å². The monoisotopic (exact) mass is 354 g/mol. The molecule has 0 saturated carbocycles. The second kappa shape index (κ2) is 7.09. The Balaban J connectivity index is 1.83. The van der Waals surface area contributed by atoms with E-state index < -0.39 is 21.9 Å². The van der Waals surface area contributed by atoms with Crippen LogP contribution in [0.3, 0.4) is 0 Å². The van der Waals surface area contributed by atoms with Gasteiger partial charge in [-0.15, -0.1) is 3.89 Å². The van der Waals surface area contributed by atoms with Crippen molar-refractivity contribution in [2.45, 2.75) is 32.1 Å². The fraction of sp³-hybridized carbons (Fsp3) is 0.588. The van der Waals surface area contributed by atoms with Crippen LogP contribution in [-0.4, -0.2) is 39.7 Å². The van der Waals surface area contributed by atoms with Crippen LogP contribution >= 0.6 is 0 Å². The first kappa shape index (κ1) is 17.2. The Hall–Kier alpha value is -1.63. The lowest BCUT2D eigenvalue weighted by atomic mass is 10.1. The van der Waals surface area contributed by atoms with Crippen molar-refractivity contribution < 1.29 is 17.1 Å². The Labute approximate surface area is 142 Å². The third-order valence-electron chi connectivity index (χ3n) is 4.76. The Bertz CT molecular complexity index is 700. The first-order valence-electron chi connectivity index (χ1n) is 8.51. The molecule has 1 aromatic carbocycles. The number of hydrogen-bond donors (Lipinski definition) is 0. The van der Waals surface area contributed by atoms with Gasteiger partial charge in [-0.05, 0) is 25.0 Å². The van der Waals surface area contributed by atoms with Crippen LogP contribution in [0.4, 0.5) is 15.3 Å². The van der Waals surface area contributed by atoms with E-state index in [0.717, 1.165) is 37.3 Å². The van der Waals surface area contributed by atoms with Crippen molar-refractivity contribution in [1.82, 2.24) is 0 Å². The van der Waals surface area contributed by atoms with Crippen LogP contribution in [-0.2, 0) is 15.0 Å². The molecule has 2 heterocycles. The van der Waals surface area contributed by atoms with Gasteiger partial charge in [0.2, 0.25) is 5.91 Å². The molecule has 0 radical (unpaired) electrons. The molecule has 0 spiro atoms. The van der Waals surface area contributed by atoms with Crippen molar-refractivity contribution in [1.29, 1.82) is 0 Å². The smallest absolute Gasteiger partial charge is 0.302 e. The first-order valence-corrected chi connectivity index (χ1v) is 10.1. The summed E-state index contributed by atoms with van der Waals surface area (Å²) in [6, 6.07) is 7.73. The van der Waals surface area contributed by atoms with E-state index >= 15 is 0 Å². The molecule has 1 aromatic rings. The molecule has 2 aliphatic heterocycles. The van der Waals surface area contributed by atoms with Gasteiger partial charge in [-0.2, -0.15) is 8.42 Å². The highest BCUT2D eigenvalue weighted by atomic mass is 32.3. The normalized spacial score (nSPS) is 22.7. The number of para-hydroxylation sites is 2. The summed E-state index contributed by atoms with van der Waals surface area (Å²) in [5, 5.41) is 0. The van der Waals surface area contributed by atoms with Crippen LogP contribution in [0, 0.1) is 5.92 Å². The number of nitrogens with zero attached hydrogens (tertiary/aromatic N) is 2. The maximum atomic E-state index is 12.9. The van der Waals surface area contributed by atoms with Crippen LogP contribution < -0.4 is 9.80 Å². The number of carbonyl (C=O) groups is 1. The molecular formula is C17H23FN2O3S. The fourth-order valence-electron chi connectivity index (χ4n) is 3.68. The van der Waals surface area contributed by atoms with E-state index in [4.69, 9.17) is 0 Å². The van der Waals surface area contributed by atoms with E-state index in [2.05, 4.69) is 4.90 Å². The summed E-state index contributed by atoms with van der Waals surface area (Å²) < 4.78 is 34.7. The molecule has 0 N–H and O–H groups in total. The number of carbonyl (C=O) groups excluding carboxylic acids is 1. The van der Waals surface area contributed by atoms with Gasteiger partial charge in [0.15, 0.2) is 0 Å². The summed E-state index contributed by atoms with van der Waals surface area (Å²) >= 11 is 0. The van der Waals surface area contributed by atoms with E-state index in [0.29, 0.717) is 0 Å². The van der Waals surface area contributed by atoms with Crippen molar-refractivity contribution in [3.8, 4) is 0 Å². The van der Waals surface area contributed by atoms with E-state index in [9.17, 15) is 17.1 Å². The Morgan fingerprint density at radius 1 is 1.04 bits per heavy atom. The maximum Gasteiger partial charge on any atom is 0.302 e. The van der Waals surface area contributed by atoms with Crippen LogP contribution in [0.5, 0.6) is 0 Å². The lowest BCUT2D eigenvalue weighted by Gasteiger charge is -2.29. The number of benzene rings is 1. The molecule has 7 heteroatoms. The Morgan fingerprint density at radius 3 is 2.29 bits per heavy atom. The average molecular weight is 354 g/mol. The van der Waals surface area contributed by atoms with Gasteiger partial charge in [-0.25, -0.2) is 0 Å². The molecule has 3 rings (SSSR count). The molecule has 24 heavy (non-hydrogen) atoms. The minimum Gasteiger partial charge on any atom is -0.370 e. The highest BCUT2D eigenvalue weighted by Gasteiger charge is 2.35. The van der Waals surface area contributed by atoms with Gasteiger partial charge in [-0.3, -0.25) is 4.79 Å². The zero-order valence-electron chi connectivity index (χ0n) is 13.7. The average Bonchev–Trinajstić information content (AvgIpc) is 2.74. The quantitative estimate of drug-likeness (QED) is 0.780. The zero-order chi connectivity index (χ0) is 17.2. The van der Waals surface area contributed by atoms with Crippen LogP contribution in [0.1, 0.15) is 32.1 Å². The van der Waals surface area contributed by atoms with Crippen molar-refractivity contribution in [3.05, 3.63) is 24.3 Å². The van der Waals surface area contributed by atoms with Gasteiger partial charge >= 0.3 is 10.2 Å². The van der Waals surface area contributed by atoms with Crippen molar-refractivity contribution in [2.75, 3.05) is 35.2 Å². The molecule has 0 bridgehead atoms. The molecule has 1 amide bonds. The van der Waals surface area contributed by atoms with E-state index in [1.54, 1.807) is 4.90 Å². The van der Waals surface area contributed by atoms with Gasteiger partial charge in [0.1, 0.15) is 0 Å². The fourth-order valence-corrected chi connectivity index (χ4v) is 4.47. The molecule has 0 aromatic heterocycles. The predicted octanol–water partition coefficient (Wildman–Crippen LogP) is 2.72. The van der Waals surface area contributed by atoms with Crippen LogP contribution in [0.25, 0.3) is 0 Å². The van der Waals surface area contributed by atoms with Gasteiger partial charge in [0.05, 0.1) is 17.1 Å². The molecule has 2 saturated heterocycles. The third kappa shape index (κ3) is 4.06. The molecular weight excluding hydrogens is 331 g/mol. The second-order valence-electron chi connectivity index (χ2n) is 6.67. The minimum atomic E-state index is -4.56. The summed E-state index contributed by atoms with van der Waals surface area (Å²) in [5.41, 5.74) is 1.82. The largest absolute Gasteiger partial charge is 0.370 e. The topological polar surface area (TPSA) is 57.7 Å². The van der Waals surface area contributed by atoms with Gasteiger partial charge in [0, 0.05) is 32.0 Å². The van der Waals surface area contributed by atoms with Crippen LogP contribution in [0.15, 0.2) is 24.3 Å². The highest BCUT2D eigenvalue weighted by Crippen LogP contribution is 2.35. The standard InChI is InChI=1S/C17H23FN2O3S/c18-24(22,23)13-14-11-17(21)20(12-14)16-8-4-3-7-15(16)19-9-5-1-2-6-10-19/h3-4,7-8,14H,1-2,5-6,9-13H2. The molecule has 0 aliphatic carbocycles. The second-order valence-corrected chi connectivity index (χ2v) is 8.08. The Kier molecular flexibility index (Phi) is 5.08. The van der Waals surface area contributed by atoms with Crippen LogP contribution in [0.2, 0.25) is 0 Å². The molecule has 2 aliphatic rings. The van der Waals surface area contributed by atoms with Crippen molar-refractivity contribution in [2.24, 2.45) is 5.92 Å². The van der Waals surface area contributed by atoms with Gasteiger partial charge < -0.3 is 9.80 Å².